The zero-order valence-electron chi connectivity index (χ0n) is 24.8. The van der Waals surface area contributed by atoms with E-state index in [0.29, 0.717) is 67.1 Å². The summed E-state index contributed by atoms with van der Waals surface area (Å²) in [5.74, 6) is 0.713. The lowest BCUT2D eigenvalue weighted by molar-refractivity contribution is -0.140. The highest BCUT2D eigenvalue weighted by Crippen LogP contribution is 2.42. The van der Waals surface area contributed by atoms with Crippen LogP contribution < -0.4 is 14.2 Å². The van der Waals surface area contributed by atoms with Crippen molar-refractivity contribution >= 4 is 17.4 Å². The Balaban J connectivity index is 1.71. The predicted molar refractivity (Wildman–Crippen MR) is 157 cm³/mol. The van der Waals surface area contributed by atoms with Gasteiger partial charge in [-0.3, -0.25) is 14.5 Å². The summed E-state index contributed by atoms with van der Waals surface area (Å²) in [6.07, 6.45) is 1.58. The number of rotatable bonds is 12. The third kappa shape index (κ3) is 7.02. The summed E-state index contributed by atoms with van der Waals surface area (Å²) in [7, 11) is 3.14. The van der Waals surface area contributed by atoms with Crippen molar-refractivity contribution in [3.63, 3.8) is 0 Å². The van der Waals surface area contributed by atoms with Crippen molar-refractivity contribution in [1.29, 1.82) is 0 Å². The smallest absolute Gasteiger partial charge is 0.295 e. The predicted octanol–water partition coefficient (Wildman–Crippen LogP) is 4.58. The number of aliphatic hydroxyl groups excluding tert-OH is 1. The Morgan fingerprint density at radius 3 is 2.37 bits per heavy atom. The van der Waals surface area contributed by atoms with E-state index in [2.05, 4.69) is 18.7 Å². The van der Waals surface area contributed by atoms with Crippen molar-refractivity contribution in [3.8, 4) is 17.2 Å². The molecule has 0 radical (unpaired) electrons. The van der Waals surface area contributed by atoms with Crippen LogP contribution in [0.15, 0.2) is 42.0 Å². The molecule has 2 aromatic carbocycles. The molecule has 2 fully saturated rings. The van der Waals surface area contributed by atoms with Gasteiger partial charge in [-0.25, -0.2) is 0 Å². The Labute approximate surface area is 242 Å². The van der Waals surface area contributed by atoms with Gasteiger partial charge in [0, 0.05) is 31.7 Å². The summed E-state index contributed by atoms with van der Waals surface area (Å²) in [4.78, 5) is 30.8. The summed E-state index contributed by atoms with van der Waals surface area (Å²) >= 11 is 0. The first-order chi connectivity index (χ1) is 19.7. The molecule has 0 bridgehead atoms. The molecule has 9 nitrogen and oxygen atoms in total. The highest BCUT2D eigenvalue weighted by Gasteiger charge is 2.46. The Morgan fingerprint density at radius 1 is 1.00 bits per heavy atom. The summed E-state index contributed by atoms with van der Waals surface area (Å²) in [6.45, 7) is 10.9. The zero-order valence-corrected chi connectivity index (χ0v) is 24.8. The van der Waals surface area contributed by atoms with Crippen molar-refractivity contribution in [2.24, 2.45) is 5.92 Å². The van der Waals surface area contributed by atoms with Crippen LogP contribution in [0.3, 0.4) is 0 Å². The Hall–Kier alpha value is -3.56. The molecular weight excluding hydrogens is 524 g/mol. The third-order valence-electron chi connectivity index (χ3n) is 7.64. The van der Waals surface area contributed by atoms with Gasteiger partial charge in [0.15, 0.2) is 11.5 Å². The van der Waals surface area contributed by atoms with Crippen LogP contribution in [0.1, 0.15) is 49.4 Å². The Morgan fingerprint density at radius 2 is 1.71 bits per heavy atom. The average molecular weight is 567 g/mol. The monoisotopic (exact) mass is 566 g/mol. The summed E-state index contributed by atoms with van der Waals surface area (Å²) in [5.41, 5.74) is 1.97. The van der Waals surface area contributed by atoms with Crippen LogP contribution in [0.2, 0.25) is 0 Å². The van der Waals surface area contributed by atoms with E-state index < -0.39 is 17.7 Å². The molecule has 1 atom stereocenters. The number of carbonyl (C=O) groups excluding carboxylic acids is 2. The second-order valence-electron chi connectivity index (χ2n) is 10.9. The number of aliphatic hydroxyl groups is 1. The van der Waals surface area contributed by atoms with Gasteiger partial charge in [-0.1, -0.05) is 19.9 Å². The molecule has 1 unspecified atom stereocenters. The minimum absolute atomic E-state index is 0.0569. The number of ketones is 1. The first-order valence-electron chi connectivity index (χ1n) is 14.3. The molecule has 4 rings (SSSR count). The van der Waals surface area contributed by atoms with E-state index in [9.17, 15) is 14.7 Å². The van der Waals surface area contributed by atoms with E-state index in [1.54, 1.807) is 49.5 Å². The third-order valence-corrected chi connectivity index (χ3v) is 7.64. The number of hydrogen-bond donors (Lipinski definition) is 1. The highest BCUT2D eigenvalue weighted by atomic mass is 16.5. The van der Waals surface area contributed by atoms with Gasteiger partial charge >= 0.3 is 0 Å². The van der Waals surface area contributed by atoms with Crippen LogP contribution in [0, 0.1) is 12.8 Å². The number of carbonyl (C=O) groups is 2. The fourth-order valence-corrected chi connectivity index (χ4v) is 5.31. The second-order valence-corrected chi connectivity index (χ2v) is 10.9. The van der Waals surface area contributed by atoms with Crippen molar-refractivity contribution in [2.75, 3.05) is 60.2 Å². The van der Waals surface area contributed by atoms with Crippen LogP contribution in [0.4, 0.5) is 0 Å². The van der Waals surface area contributed by atoms with E-state index in [1.807, 2.05) is 13.0 Å². The number of nitrogens with zero attached hydrogens (tertiary/aromatic N) is 2. The summed E-state index contributed by atoms with van der Waals surface area (Å²) in [5, 5.41) is 11.5. The molecule has 222 valence electrons. The topological polar surface area (TPSA) is 97.8 Å². The molecular formula is C32H42N2O7. The van der Waals surface area contributed by atoms with E-state index in [0.717, 1.165) is 31.6 Å². The van der Waals surface area contributed by atoms with E-state index in [1.165, 1.54) is 0 Å². The molecule has 0 aliphatic carbocycles. The summed E-state index contributed by atoms with van der Waals surface area (Å²) < 4.78 is 22.4. The Bertz CT molecular complexity index is 1270. The number of ether oxygens (including phenoxy) is 4. The van der Waals surface area contributed by atoms with Crippen molar-refractivity contribution < 1.29 is 33.6 Å². The number of Topliss-reactive ketones (excluding diaryl/α,β-unsaturated/α-hetero) is 1. The minimum Gasteiger partial charge on any atom is -0.507 e. The van der Waals surface area contributed by atoms with Crippen LogP contribution in [0.5, 0.6) is 17.2 Å². The summed E-state index contributed by atoms with van der Waals surface area (Å²) in [6, 6.07) is 9.85. The van der Waals surface area contributed by atoms with Crippen LogP contribution >= 0.6 is 0 Å². The quantitative estimate of drug-likeness (QED) is 0.227. The van der Waals surface area contributed by atoms with Gasteiger partial charge in [-0.15, -0.1) is 0 Å². The van der Waals surface area contributed by atoms with E-state index in [-0.39, 0.29) is 11.3 Å². The number of methoxy groups -OCH3 is 2. The lowest BCUT2D eigenvalue weighted by atomic mass is 9.94. The minimum atomic E-state index is -0.777. The van der Waals surface area contributed by atoms with Gasteiger partial charge in [0.05, 0.1) is 45.7 Å². The van der Waals surface area contributed by atoms with E-state index >= 15 is 0 Å². The van der Waals surface area contributed by atoms with Gasteiger partial charge in [-0.05, 0) is 67.1 Å². The molecule has 0 aromatic heterocycles. The standard InChI is InChI=1S/C32H42N2O7/c1-21(2)11-16-41-26-10-7-23(20-27(26)39-5)29-28(30(35)24-8-9-25(38-4)22(3)19-24)31(36)32(37)34(29)13-6-12-33-14-17-40-18-15-33/h7-10,19-21,29,35H,6,11-18H2,1-5H3. The fourth-order valence-electron chi connectivity index (χ4n) is 5.31. The lowest BCUT2D eigenvalue weighted by Crippen LogP contribution is -2.39. The molecule has 1 N–H and O–H groups in total. The number of benzene rings is 2. The number of amides is 1. The first-order valence-corrected chi connectivity index (χ1v) is 14.3. The maximum absolute atomic E-state index is 13.5. The average Bonchev–Trinajstić information content (AvgIpc) is 3.22. The number of likely N-dealkylation sites (tertiary alicyclic amines) is 1. The normalized spacial score (nSPS) is 19.2. The van der Waals surface area contributed by atoms with Crippen molar-refractivity contribution in [2.45, 2.75) is 39.7 Å². The molecule has 1 amide bonds. The molecule has 2 aromatic rings. The molecule has 41 heavy (non-hydrogen) atoms. The van der Waals surface area contributed by atoms with Crippen LogP contribution in [-0.2, 0) is 14.3 Å². The highest BCUT2D eigenvalue weighted by molar-refractivity contribution is 6.46. The number of aryl methyl sites for hydroxylation is 1. The van der Waals surface area contributed by atoms with Gasteiger partial charge < -0.3 is 29.0 Å². The molecule has 2 aliphatic rings. The fraction of sp³-hybridized carbons (Fsp3) is 0.500. The number of hydrogen-bond acceptors (Lipinski definition) is 8. The molecule has 0 spiro atoms. The van der Waals surface area contributed by atoms with Gasteiger partial charge in [0.2, 0.25) is 0 Å². The number of morpholine rings is 1. The zero-order chi connectivity index (χ0) is 29.5. The SMILES string of the molecule is COc1ccc(C(O)=C2C(=O)C(=O)N(CCCN3CCOCC3)C2c2ccc(OCCC(C)C)c(OC)c2)cc1C. The van der Waals surface area contributed by atoms with Crippen molar-refractivity contribution in [3.05, 3.63) is 58.7 Å². The van der Waals surface area contributed by atoms with Crippen LogP contribution in [-0.4, -0.2) is 86.8 Å². The molecule has 0 saturated carbocycles. The molecule has 2 saturated heterocycles. The van der Waals surface area contributed by atoms with Gasteiger partial charge in [0.25, 0.3) is 11.7 Å². The van der Waals surface area contributed by atoms with Crippen LogP contribution in [0.25, 0.3) is 5.76 Å². The molecule has 9 heteroatoms. The van der Waals surface area contributed by atoms with Gasteiger partial charge in [0.1, 0.15) is 11.5 Å². The second kappa shape index (κ2) is 13.9. The Kier molecular flexibility index (Phi) is 10.3. The first kappa shape index (κ1) is 30.4. The van der Waals surface area contributed by atoms with E-state index in [4.69, 9.17) is 18.9 Å². The maximum atomic E-state index is 13.5. The maximum Gasteiger partial charge on any atom is 0.295 e. The molecule has 2 heterocycles. The van der Waals surface area contributed by atoms with Crippen molar-refractivity contribution in [1.82, 2.24) is 9.80 Å². The largest absolute Gasteiger partial charge is 0.507 e. The molecule has 2 aliphatic heterocycles. The lowest BCUT2D eigenvalue weighted by Gasteiger charge is -2.29. The van der Waals surface area contributed by atoms with Gasteiger partial charge in [-0.2, -0.15) is 0 Å².